The third-order valence-electron chi connectivity index (χ3n) is 3.36. The highest BCUT2D eigenvalue weighted by Gasteiger charge is 2.18. The first-order valence-corrected chi connectivity index (χ1v) is 7.55. The van der Waals surface area contributed by atoms with E-state index in [1.54, 1.807) is 29.5 Å². The molecule has 1 amide bonds. The van der Waals surface area contributed by atoms with Crippen molar-refractivity contribution in [3.63, 3.8) is 0 Å². The molecule has 5 heteroatoms. The van der Waals surface area contributed by atoms with Crippen LogP contribution >= 0.6 is 11.3 Å². The highest BCUT2D eigenvalue weighted by molar-refractivity contribution is 7.12. The van der Waals surface area contributed by atoms with Gasteiger partial charge in [0.1, 0.15) is 5.75 Å². The topological polar surface area (TPSA) is 64.3 Å². The smallest absolute Gasteiger partial charge is 0.255 e. The minimum Gasteiger partial charge on any atom is -0.496 e. The van der Waals surface area contributed by atoms with Crippen LogP contribution in [-0.2, 0) is 0 Å². The maximum Gasteiger partial charge on any atom is 0.255 e. The molecule has 0 fully saturated rings. The molecule has 2 rings (SSSR count). The molecule has 1 aromatic heterocycles. The zero-order chi connectivity index (χ0) is 15.6. The Labute approximate surface area is 128 Å². The van der Waals surface area contributed by atoms with Crippen LogP contribution in [0.2, 0.25) is 0 Å². The molecule has 0 bridgehead atoms. The van der Waals surface area contributed by atoms with E-state index in [2.05, 4.69) is 25.2 Å². The monoisotopic (exact) mass is 304 g/mol. The Balaban J connectivity index is 2.22. The summed E-state index contributed by atoms with van der Waals surface area (Å²) >= 11 is 1.73. The number of amides is 1. The van der Waals surface area contributed by atoms with E-state index in [-0.39, 0.29) is 11.9 Å². The summed E-state index contributed by atoms with van der Waals surface area (Å²) in [6, 6.07) is 7.10. The number of carbonyl (C=O) groups excluding carboxylic acids is 1. The molecule has 21 heavy (non-hydrogen) atoms. The molecule has 0 aliphatic heterocycles. The lowest BCUT2D eigenvalue weighted by atomic mass is 10.1. The molecule has 4 nitrogen and oxygen atoms in total. The molecule has 0 aliphatic carbocycles. The van der Waals surface area contributed by atoms with Gasteiger partial charge in [0.2, 0.25) is 0 Å². The molecular formula is C16H20N2O2S. The number of hydrogen-bond acceptors (Lipinski definition) is 4. The molecular weight excluding hydrogens is 284 g/mol. The summed E-state index contributed by atoms with van der Waals surface area (Å²) < 4.78 is 5.22. The summed E-state index contributed by atoms with van der Waals surface area (Å²) in [5, 5.41) is 3.00. The second-order valence-electron chi connectivity index (χ2n) is 5.02. The van der Waals surface area contributed by atoms with E-state index in [0.29, 0.717) is 17.0 Å². The summed E-state index contributed by atoms with van der Waals surface area (Å²) in [6.07, 6.45) is 0. The van der Waals surface area contributed by atoms with Gasteiger partial charge < -0.3 is 15.8 Å². The van der Waals surface area contributed by atoms with Crippen LogP contribution in [0.3, 0.4) is 0 Å². The first-order valence-electron chi connectivity index (χ1n) is 6.73. The van der Waals surface area contributed by atoms with Crippen LogP contribution in [0.25, 0.3) is 0 Å². The Morgan fingerprint density at radius 1 is 1.33 bits per heavy atom. The number of aryl methyl sites for hydroxylation is 2. The van der Waals surface area contributed by atoms with Gasteiger partial charge in [-0.1, -0.05) is 0 Å². The number of hydrogen-bond donors (Lipinski definition) is 2. The molecule has 0 saturated carbocycles. The third-order valence-corrected chi connectivity index (χ3v) is 4.34. The van der Waals surface area contributed by atoms with Crippen molar-refractivity contribution >= 4 is 22.9 Å². The normalized spacial score (nSPS) is 12.0. The highest BCUT2D eigenvalue weighted by atomic mass is 32.1. The van der Waals surface area contributed by atoms with Crippen LogP contribution in [-0.4, -0.2) is 13.0 Å². The molecule has 1 heterocycles. The number of thiophene rings is 1. The minimum absolute atomic E-state index is 0.0615. The zero-order valence-corrected chi connectivity index (χ0v) is 13.5. The van der Waals surface area contributed by atoms with Gasteiger partial charge in [-0.15, -0.1) is 11.3 Å². The molecule has 1 aromatic carbocycles. The summed E-state index contributed by atoms with van der Waals surface area (Å²) in [7, 11) is 1.54. The average molecular weight is 304 g/mol. The zero-order valence-electron chi connectivity index (χ0n) is 12.7. The van der Waals surface area contributed by atoms with Crippen molar-refractivity contribution in [1.82, 2.24) is 5.32 Å². The quantitative estimate of drug-likeness (QED) is 0.850. The van der Waals surface area contributed by atoms with Crippen LogP contribution < -0.4 is 15.8 Å². The third kappa shape index (κ3) is 3.36. The fourth-order valence-corrected chi connectivity index (χ4v) is 3.36. The van der Waals surface area contributed by atoms with Crippen molar-refractivity contribution in [3.05, 3.63) is 45.1 Å². The van der Waals surface area contributed by atoms with E-state index < -0.39 is 0 Å². The van der Waals surface area contributed by atoms with Crippen molar-refractivity contribution in [2.75, 3.05) is 12.8 Å². The van der Waals surface area contributed by atoms with Gasteiger partial charge in [-0.05, 0) is 50.6 Å². The Kier molecular flexibility index (Phi) is 4.53. The lowest BCUT2D eigenvalue weighted by molar-refractivity contribution is 0.0937. The van der Waals surface area contributed by atoms with Crippen LogP contribution in [0.1, 0.15) is 38.6 Å². The molecule has 0 aliphatic rings. The number of nitrogen functional groups attached to an aromatic ring is 1. The number of carbonyl (C=O) groups is 1. The molecule has 0 radical (unpaired) electrons. The van der Waals surface area contributed by atoms with Gasteiger partial charge in [0, 0.05) is 15.4 Å². The predicted octanol–water partition coefficient (Wildman–Crippen LogP) is 3.45. The van der Waals surface area contributed by atoms with Crippen LogP contribution in [0.4, 0.5) is 5.69 Å². The van der Waals surface area contributed by atoms with Gasteiger partial charge >= 0.3 is 0 Å². The van der Waals surface area contributed by atoms with Gasteiger partial charge in [0.05, 0.1) is 18.7 Å². The SMILES string of the molecule is COc1ccc(N)cc1C(=O)NC(C)c1cc(C)sc1C. The predicted molar refractivity (Wildman–Crippen MR) is 87.1 cm³/mol. The van der Waals surface area contributed by atoms with Crippen molar-refractivity contribution in [3.8, 4) is 5.75 Å². The Bertz CT molecular complexity index is 664. The van der Waals surface area contributed by atoms with E-state index in [1.807, 2.05) is 6.92 Å². The number of nitrogens with one attached hydrogen (secondary N) is 1. The number of ether oxygens (including phenoxy) is 1. The summed E-state index contributed by atoms with van der Waals surface area (Å²) in [4.78, 5) is 14.9. The fourth-order valence-electron chi connectivity index (χ4n) is 2.34. The average Bonchev–Trinajstić information content (AvgIpc) is 2.77. The molecule has 1 unspecified atom stereocenters. The van der Waals surface area contributed by atoms with Crippen molar-refractivity contribution in [1.29, 1.82) is 0 Å². The highest BCUT2D eigenvalue weighted by Crippen LogP contribution is 2.27. The number of anilines is 1. The van der Waals surface area contributed by atoms with E-state index in [9.17, 15) is 4.79 Å². The second kappa shape index (κ2) is 6.18. The van der Waals surface area contributed by atoms with Crippen molar-refractivity contribution in [2.45, 2.75) is 26.8 Å². The maximum atomic E-state index is 12.4. The lowest BCUT2D eigenvalue weighted by Gasteiger charge is -2.15. The summed E-state index contributed by atoms with van der Waals surface area (Å²) in [6.45, 7) is 6.11. The van der Waals surface area contributed by atoms with E-state index in [0.717, 1.165) is 5.56 Å². The largest absolute Gasteiger partial charge is 0.496 e. The molecule has 0 spiro atoms. The summed E-state index contributed by atoms with van der Waals surface area (Å²) in [5.41, 5.74) is 7.89. The van der Waals surface area contributed by atoms with Crippen molar-refractivity contribution < 1.29 is 9.53 Å². The van der Waals surface area contributed by atoms with Gasteiger partial charge in [-0.25, -0.2) is 0 Å². The molecule has 2 aromatic rings. The Morgan fingerprint density at radius 3 is 2.62 bits per heavy atom. The van der Waals surface area contributed by atoms with Gasteiger partial charge in [0.25, 0.3) is 5.91 Å². The number of rotatable bonds is 4. The van der Waals surface area contributed by atoms with Gasteiger partial charge in [-0.3, -0.25) is 4.79 Å². The van der Waals surface area contributed by atoms with Crippen LogP contribution in [0, 0.1) is 13.8 Å². The minimum atomic E-state index is -0.185. The molecule has 1 atom stereocenters. The van der Waals surface area contributed by atoms with E-state index >= 15 is 0 Å². The van der Waals surface area contributed by atoms with Gasteiger partial charge in [-0.2, -0.15) is 0 Å². The van der Waals surface area contributed by atoms with E-state index in [1.165, 1.54) is 16.9 Å². The fraction of sp³-hybridized carbons (Fsp3) is 0.312. The van der Waals surface area contributed by atoms with Crippen molar-refractivity contribution in [2.24, 2.45) is 0 Å². The lowest BCUT2D eigenvalue weighted by Crippen LogP contribution is -2.27. The molecule has 0 saturated heterocycles. The Morgan fingerprint density at radius 2 is 2.05 bits per heavy atom. The van der Waals surface area contributed by atoms with Crippen LogP contribution in [0.15, 0.2) is 24.3 Å². The maximum absolute atomic E-state index is 12.4. The number of methoxy groups -OCH3 is 1. The summed E-state index contributed by atoms with van der Waals surface area (Å²) in [5.74, 6) is 0.335. The Hall–Kier alpha value is -2.01. The van der Waals surface area contributed by atoms with Crippen LogP contribution in [0.5, 0.6) is 5.75 Å². The van der Waals surface area contributed by atoms with Gasteiger partial charge in [0.15, 0.2) is 0 Å². The molecule has 3 N–H and O–H groups in total. The second-order valence-corrected chi connectivity index (χ2v) is 6.48. The standard InChI is InChI=1S/C16H20N2O2S/c1-9-7-13(11(3)21-9)10(2)18-16(19)14-8-12(17)5-6-15(14)20-4/h5-8,10H,17H2,1-4H3,(H,18,19). The first-order chi connectivity index (χ1) is 9.92. The number of nitrogens with two attached hydrogens (primary N) is 1. The van der Waals surface area contributed by atoms with E-state index in [4.69, 9.17) is 10.5 Å². The molecule has 112 valence electrons. The number of benzene rings is 1. The first kappa shape index (κ1) is 15.4.